The van der Waals surface area contributed by atoms with Crippen molar-refractivity contribution >= 4 is 22.6 Å². The quantitative estimate of drug-likeness (QED) is 0.844. The molecule has 0 amide bonds. The lowest BCUT2D eigenvalue weighted by Crippen LogP contribution is -2.14. The minimum atomic E-state index is 0.286. The highest BCUT2D eigenvalue weighted by Crippen LogP contribution is 2.42. The van der Waals surface area contributed by atoms with E-state index in [2.05, 4.69) is 24.5 Å². The molecule has 0 bridgehead atoms. The summed E-state index contributed by atoms with van der Waals surface area (Å²) in [5.74, 6) is 1.65. The molecule has 1 aromatic heterocycles. The van der Waals surface area contributed by atoms with Crippen molar-refractivity contribution in [3.05, 3.63) is 29.0 Å². The van der Waals surface area contributed by atoms with E-state index >= 15 is 0 Å². The summed E-state index contributed by atoms with van der Waals surface area (Å²) in [5, 5.41) is 0.820. The number of rotatable bonds is 6. The first-order valence-corrected chi connectivity index (χ1v) is 8.37. The van der Waals surface area contributed by atoms with Gasteiger partial charge in [0.15, 0.2) is 0 Å². The van der Waals surface area contributed by atoms with E-state index in [1.54, 1.807) is 0 Å². The molecule has 2 N–H and O–H groups in total. The van der Waals surface area contributed by atoms with E-state index in [4.69, 9.17) is 22.3 Å². The highest BCUT2D eigenvalue weighted by molar-refractivity contribution is 6.35. The van der Waals surface area contributed by atoms with Gasteiger partial charge in [0, 0.05) is 18.0 Å². The molecule has 1 fully saturated rings. The largest absolute Gasteiger partial charge is 0.328 e. The Labute approximate surface area is 131 Å². The van der Waals surface area contributed by atoms with Crippen molar-refractivity contribution in [2.75, 3.05) is 0 Å². The van der Waals surface area contributed by atoms with Gasteiger partial charge in [0.1, 0.15) is 5.82 Å². The second-order valence-corrected chi connectivity index (χ2v) is 6.90. The number of nitrogens with two attached hydrogens (primary N) is 1. The molecule has 4 heteroatoms. The lowest BCUT2D eigenvalue weighted by Gasteiger charge is -2.15. The molecule has 1 saturated carbocycles. The lowest BCUT2D eigenvalue weighted by molar-refractivity contribution is 0.526. The topological polar surface area (TPSA) is 43.8 Å². The van der Waals surface area contributed by atoms with Gasteiger partial charge in [0.2, 0.25) is 0 Å². The summed E-state index contributed by atoms with van der Waals surface area (Å²) in [5.41, 5.74) is 8.00. The molecule has 0 spiro atoms. The van der Waals surface area contributed by atoms with Crippen molar-refractivity contribution in [1.82, 2.24) is 9.55 Å². The molecule has 1 aliphatic carbocycles. The minimum absolute atomic E-state index is 0.286. The molecule has 21 heavy (non-hydrogen) atoms. The molecule has 0 radical (unpaired) electrons. The summed E-state index contributed by atoms with van der Waals surface area (Å²) in [7, 11) is 0. The van der Waals surface area contributed by atoms with Gasteiger partial charge in [0.25, 0.3) is 0 Å². The highest BCUT2D eigenvalue weighted by Gasteiger charge is 2.30. The monoisotopic (exact) mass is 305 g/mol. The van der Waals surface area contributed by atoms with Gasteiger partial charge in [-0.3, -0.25) is 0 Å². The second-order valence-electron chi connectivity index (χ2n) is 6.49. The van der Waals surface area contributed by atoms with E-state index in [-0.39, 0.29) is 6.04 Å². The zero-order valence-electron chi connectivity index (χ0n) is 12.8. The van der Waals surface area contributed by atoms with Crippen LogP contribution >= 0.6 is 11.6 Å². The lowest BCUT2D eigenvalue weighted by atomic mass is 10.0. The first-order chi connectivity index (χ1) is 10.1. The number of hydrogen-bond donors (Lipinski definition) is 1. The van der Waals surface area contributed by atoms with Gasteiger partial charge in [0.05, 0.1) is 16.1 Å². The van der Waals surface area contributed by atoms with E-state index in [0.29, 0.717) is 12.0 Å². The third-order valence-corrected chi connectivity index (χ3v) is 4.64. The van der Waals surface area contributed by atoms with Crippen molar-refractivity contribution in [2.45, 2.75) is 64.0 Å². The Morgan fingerprint density at radius 2 is 2.10 bits per heavy atom. The zero-order valence-corrected chi connectivity index (χ0v) is 13.6. The van der Waals surface area contributed by atoms with Gasteiger partial charge < -0.3 is 10.3 Å². The van der Waals surface area contributed by atoms with Crippen molar-refractivity contribution in [3.8, 4) is 0 Å². The number of halogens is 1. The van der Waals surface area contributed by atoms with Crippen LogP contribution in [0.15, 0.2) is 18.2 Å². The van der Waals surface area contributed by atoms with Gasteiger partial charge in [-0.1, -0.05) is 31.0 Å². The van der Waals surface area contributed by atoms with Gasteiger partial charge in [-0.15, -0.1) is 0 Å². The highest BCUT2D eigenvalue weighted by atomic mass is 35.5. The third kappa shape index (κ3) is 3.09. The van der Waals surface area contributed by atoms with Crippen molar-refractivity contribution < 1.29 is 0 Å². The first-order valence-electron chi connectivity index (χ1n) is 8.00. The summed E-state index contributed by atoms with van der Waals surface area (Å²) < 4.78 is 2.40. The molecule has 2 atom stereocenters. The molecular formula is C17H24ClN3. The van der Waals surface area contributed by atoms with Crippen LogP contribution in [0.3, 0.4) is 0 Å². The second kappa shape index (κ2) is 5.98. The van der Waals surface area contributed by atoms with Crippen LogP contribution in [-0.2, 0) is 0 Å². The van der Waals surface area contributed by atoms with Gasteiger partial charge in [-0.05, 0) is 44.7 Å². The Morgan fingerprint density at radius 3 is 2.76 bits per heavy atom. The predicted octanol–water partition coefficient (Wildman–Crippen LogP) is 4.65. The molecule has 0 aliphatic heterocycles. The third-order valence-electron chi connectivity index (χ3n) is 4.34. The normalized spacial score (nSPS) is 18.1. The van der Waals surface area contributed by atoms with Crippen LogP contribution in [0.5, 0.6) is 0 Å². The maximum atomic E-state index is 6.42. The molecule has 2 aromatic rings. The molecule has 2 unspecified atom stereocenters. The number of benzene rings is 1. The molecule has 1 aromatic carbocycles. The van der Waals surface area contributed by atoms with Crippen LogP contribution in [0.1, 0.15) is 63.7 Å². The maximum Gasteiger partial charge on any atom is 0.113 e. The van der Waals surface area contributed by atoms with E-state index in [1.165, 1.54) is 18.7 Å². The van der Waals surface area contributed by atoms with Crippen LogP contribution in [0.2, 0.25) is 5.02 Å². The number of para-hydroxylation sites is 1. The Kier molecular flexibility index (Phi) is 4.23. The molecule has 1 heterocycles. The summed E-state index contributed by atoms with van der Waals surface area (Å²) in [4.78, 5) is 4.88. The first kappa shape index (κ1) is 14.9. The fourth-order valence-corrected chi connectivity index (χ4v) is 3.31. The molecule has 114 valence electrons. The van der Waals surface area contributed by atoms with E-state index < -0.39 is 0 Å². The maximum absolute atomic E-state index is 6.42. The fraction of sp³-hybridized carbons (Fsp3) is 0.588. The average molecular weight is 306 g/mol. The summed E-state index contributed by atoms with van der Waals surface area (Å²) in [6, 6.07) is 6.90. The van der Waals surface area contributed by atoms with Crippen LogP contribution in [0, 0.1) is 0 Å². The van der Waals surface area contributed by atoms with Crippen LogP contribution in [0.25, 0.3) is 11.0 Å². The Bertz CT molecular complexity index is 628. The number of nitrogens with zero attached hydrogens (tertiary/aromatic N) is 2. The SMILES string of the molecule is CC(N)CCCC(C)c1nc2cccc(Cl)c2n1C1CC1. The van der Waals surface area contributed by atoms with E-state index in [1.807, 2.05) is 12.1 Å². The number of imidazole rings is 1. The van der Waals surface area contributed by atoms with Crippen LogP contribution in [-0.4, -0.2) is 15.6 Å². The van der Waals surface area contributed by atoms with E-state index in [0.717, 1.165) is 35.3 Å². The molecule has 3 rings (SSSR count). The van der Waals surface area contributed by atoms with Crippen LogP contribution < -0.4 is 5.73 Å². The van der Waals surface area contributed by atoms with Crippen LogP contribution in [0.4, 0.5) is 0 Å². The minimum Gasteiger partial charge on any atom is -0.328 e. The van der Waals surface area contributed by atoms with Gasteiger partial charge >= 0.3 is 0 Å². The summed E-state index contributed by atoms with van der Waals surface area (Å²) in [6.45, 7) is 4.35. The summed E-state index contributed by atoms with van der Waals surface area (Å²) in [6.07, 6.45) is 5.86. The van der Waals surface area contributed by atoms with E-state index in [9.17, 15) is 0 Å². The number of hydrogen-bond acceptors (Lipinski definition) is 2. The number of fused-ring (bicyclic) bond motifs is 1. The molecular weight excluding hydrogens is 282 g/mol. The Balaban J connectivity index is 1.90. The molecule has 1 aliphatic rings. The standard InChI is InChI=1S/C17H24ClN3/c1-11(5-3-6-12(2)19)17-20-15-8-4-7-14(18)16(15)21(17)13-9-10-13/h4,7-8,11-13H,3,5-6,9-10,19H2,1-2H3. The Morgan fingerprint density at radius 1 is 1.33 bits per heavy atom. The fourth-order valence-electron chi connectivity index (χ4n) is 3.05. The van der Waals surface area contributed by atoms with Gasteiger partial charge in [-0.2, -0.15) is 0 Å². The smallest absolute Gasteiger partial charge is 0.113 e. The van der Waals surface area contributed by atoms with Crippen molar-refractivity contribution in [3.63, 3.8) is 0 Å². The number of aromatic nitrogens is 2. The molecule has 3 nitrogen and oxygen atoms in total. The van der Waals surface area contributed by atoms with Gasteiger partial charge in [-0.25, -0.2) is 4.98 Å². The average Bonchev–Trinajstić information content (AvgIpc) is 3.18. The predicted molar refractivity (Wildman–Crippen MR) is 88.9 cm³/mol. The Hall–Kier alpha value is -1.06. The zero-order chi connectivity index (χ0) is 15.0. The molecule has 0 saturated heterocycles. The van der Waals surface area contributed by atoms with Crippen molar-refractivity contribution in [1.29, 1.82) is 0 Å². The van der Waals surface area contributed by atoms with Crippen molar-refractivity contribution in [2.24, 2.45) is 5.73 Å². The summed E-state index contributed by atoms with van der Waals surface area (Å²) >= 11 is 6.42.